The van der Waals surface area contributed by atoms with Gasteiger partial charge in [0.1, 0.15) is 0 Å². The molecule has 4 unspecified atom stereocenters. The lowest BCUT2D eigenvalue weighted by molar-refractivity contribution is 0.125. The molecule has 1 aromatic rings. The summed E-state index contributed by atoms with van der Waals surface area (Å²) in [7, 11) is 0. The Bertz CT molecular complexity index is 428. The van der Waals surface area contributed by atoms with Gasteiger partial charge in [-0.15, -0.1) is 0 Å². The molecule has 2 aliphatic carbocycles. The summed E-state index contributed by atoms with van der Waals surface area (Å²) >= 11 is 9.46. The van der Waals surface area contributed by atoms with Crippen LogP contribution < -0.4 is 0 Å². The van der Waals surface area contributed by atoms with Gasteiger partial charge in [-0.25, -0.2) is 0 Å². The minimum atomic E-state index is -0.371. The zero-order chi connectivity index (χ0) is 12.7. The monoisotopic (exact) mass is 328 g/mol. The van der Waals surface area contributed by atoms with E-state index >= 15 is 0 Å². The zero-order valence-corrected chi connectivity index (χ0v) is 12.6. The average Bonchev–Trinajstić information content (AvgIpc) is 2.89. The maximum absolute atomic E-state index is 10.4. The Labute approximate surface area is 122 Å². The van der Waals surface area contributed by atoms with Crippen molar-refractivity contribution in [2.24, 2.45) is 17.8 Å². The van der Waals surface area contributed by atoms with Gasteiger partial charge in [-0.1, -0.05) is 34.0 Å². The highest BCUT2D eigenvalue weighted by atomic mass is 79.9. The highest BCUT2D eigenvalue weighted by molar-refractivity contribution is 9.10. The van der Waals surface area contributed by atoms with Crippen LogP contribution >= 0.6 is 27.5 Å². The second kappa shape index (κ2) is 5.15. The molecule has 2 aliphatic rings. The summed E-state index contributed by atoms with van der Waals surface area (Å²) in [5.74, 6) is 2.53. The van der Waals surface area contributed by atoms with E-state index in [1.54, 1.807) is 0 Å². The predicted molar refractivity (Wildman–Crippen MR) is 77.7 cm³/mol. The third-order valence-corrected chi connectivity index (χ3v) is 5.36. The first-order valence-electron chi connectivity index (χ1n) is 6.76. The molecule has 1 aromatic carbocycles. The van der Waals surface area contributed by atoms with E-state index in [2.05, 4.69) is 15.9 Å². The highest BCUT2D eigenvalue weighted by Crippen LogP contribution is 2.51. The molecule has 4 atom stereocenters. The Balaban J connectivity index is 1.69. The molecule has 1 N–H and O–H groups in total. The van der Waals surface area contributed by atoms with E-state index in [-0.39, 0.29) is 6.10 Å². The lowest BCUT2D eigenvalue weighted by Crippen LogP contribution is -2.14. The normalized spacial score (nSPS) is 31.8. The average molecular weight is 330 g/mol. The van der Waals surface area contributed by atoms with Crippen molar-refractivity contribution in [3.63, 3.8) is 0 Å². The lowest BCUT2D eigenvalue weighted by atomic mass is 9.83. The van der Waals surface area contributed by atoms with Crippen LogP contribution in [0.3, 0.4) is 0 Å². The molecule has 1 nitrogen and oxygen atoms in total. The SMILES string of the molecule is OC(CC1CC2CCC1C2)c1cc(Cl)cc(Br)c1. The van der Waals surface area contributed by atoms with Crippen molar-refractivity contribution in [2.45, 2.75) is 38.2 Å². The first-order chi connectivity index (χ1) is 8.61. The smallest absolute Gasteiger partial charge is 0.0793 e. The van der Waals surface area contributed by atoms with Gasteiger partial charge in [-0.3, -0.25) is 0 Å². The van der Waals surface area contributed by atoms with Crippen LogP contribution in [0.15, 0.2) is 22.7 Å². The first-order valence-corrected chi connectivity index (χ1v) is 7.93. The molecule has 2 saturated carbocycles. The van der Waals surface area contributed by atoms with Gasteiger partial charge in [0.25, 0.3) is 0 Å². The van der Waals surface area contributed by atoms with Crippen molar-refractivity contribution in [1.29, 1.82) is 0 Å². The Morgan fingerprint density at radius 3 is 2.72 bits per heavy atom. The minimum Gasteiger partial charge on any atom is -0.388 e. The number of benzene rings is 1. The maximum Gasteiger partial charge on any atom is 0.0793 e. The molecular weight excluding hydrogens is 312 g/mol. The molecule has 0 radical (unpaired) electrons. The fourth-order valence-electron chi connectivity index (χ4n) is 3.86. The molecule has 18 heavy (non-hydrogen) atoms. The quantitative estimate of drug-likeness (QED) is 0.830. The Morgan fingerprint density at radius 2 is 2.11 bits per heavy atom. The molecule has 3 heteroatoms. The number of hydrogen-bond donors (Lipinski definition) is 1. The number of aliphatic hydroxyl groups is 1. The largest absolute Gasteiger partial charge is 0.388 e. The summed E-state index contributed by atoms with van der Waals surface area (Å²) in [6.07, 6.45) is 6.04. The molecule has 0 amide bonds. The summed E-state index contributed by atoms with van der Waals surface area (Å²) in [6, 6.07) is 5.71. The van der Waals surface area contributed by atoms with Gasteiger partial charge in [0.05, 0.1) is 6.10 Å². The standard InChI is InChI=1S/C15H18BrClO/c16-13-5-12(6-14(17)8-13)15(18)7-11-4-9-1-2-10(11)3-9/h5-6,8-11,15,18H,1-4,7H2. The fourth-order valence-corrected chi connectivity index (χ4v) is 4.74. The van der Waals surface area contributed by atoms with Crippen molar-refractivity contribution in [3.05, 3.63) is 33.3 Å². The second-order valence-corrected chi connectivity index (χ2v) is 7.24. The van der Waals surface area contributed by atoms with Gasteiger partial charge in [0.15, 0.2) is 0 Å². The number of rotatable bonds is 3. The molecule has 0 heterocycles. The van der Waals surface area contributed by atoms with Crippen LogP contribution in [0, 0.1) is 17.8 Å². The molecule has 2 bridgehead atoms. The van der Waals surface area contributed by atoms with E-state index in [0.29, 0.717) is 5.02 Å². The Hall–Kier alpha value is -0.0500. The molecule has 0 aliphatic heterocycles. The topological polar surface area (TPSA) is 20.2 Å². The number of hydrogen-bond acceptors (Lipinski definition) is 1. The molecular formula is C15H18BrClO. The molecule has 0 saturated heterocycles. The minimum absolute atomic E-state index is 0.371. The second-order valence-electron chi connectivity index (χ2n) is 5.89. The van der Waals surface area contributed by atoms with Crippen LogP contribution in [-0.4, -0.2) is 5.11 Å². The number of aliphatic hydroxyl groups excluding tert-OH is 1. The van der Waals surface area contributed by atoms with E-state index in [1.165, 1.54) is 25.7 Å². The van der Waals surface area contributed by atoms with E-state index < -0.39 is 0 Å². The third-order valence-electron chi connectivity index (χ3n) is 4.68. The molecule has 3 rings (SSSR count). The van der Waals surface area contributed by atoms with Crippen LogP contribution in [0.4, 0.5) is 0 Å². The van der Waals surface area contributed by atoms with Crippen LogP contribution in [0.5, 0.6) is 0 Å². The van der Waals surface area contributed by atoms with Gasteiger partial charge in [-0.05, 0) is 67.2 Å². The van der Waals surface area contributed by atoms with Crippen molar-refractivity contribution in [2.75, 3.05) is 0 Å². The molecule has 0 spiro atoms. The zero-order valence-electron chi connectivity index (χ0n) is 10.3. The van der Waals surface area contributed by atoms with Gasteiger partial charge >= 0.3 is 0 Å². The van der Waals surface area contributed by atoms with E-state index in [4.69, 9.17) is 11.6 Å². The maximum atomic E-state index is 10.4. The number of fused-ring (bicyclic) bond motifs is 2. The van der Waals surface area contributed by atoms with E-state index in [9.17, 15) is 5.11 Å². The van der Waals surface area contributed by atoms with Crippen LogP contribution in [0.25, 0.3) is 0 Å². The van der Waals surface area contributed by atoms with Crippen molar-refractivity contribution >= 4 is 27.5 Å². The van der Waals surface area contributed by atoms with Gasteiger partial charge in [0, 0.05) is 9.50 Å². The van der Waals surface area contributed by atoms with E-state index in [1.807, 2.05) is 18.2 Å². The number of halogens is 2. The van der Waals surface area contributed by atoms with Gasteiger partial charge in [-0.2, -0.15) is 0 Å². The molecule has 98 valence electrons. The van der Waals surface area contributed by atoms with Crippen molar-refractivity contribution in [1.82, 2.24) is 0 Å². The van der Waals surface area contributed by atoms with Gasteiger partial charge in [0.2, 0.25) is 0 Å². The predicted octanol–water partition coefficient (Wildman–Crippen LogP) is 4.96. The van der Waals surface area contributed by atoms with Crippen LogP contribution in [0.2, 0.25) is 5.02 Å². The fraction of sp³-hybridized carbons (Fsp3) is 0.600. The van der Waals surface area contributed by atoms with Crippen molar-refractivity contribution in [3.8, 4) is 0 Å². The summed E-state index contributed by atoms with van der Waals surface area (Å²) in [4.78, 5) is 0. The first kappa shape index (κ1) is 13.0. The third kappa shape index (κ3) is 2.61. The Morgan fingerprint density at radius 1 is 1.28 bits per heavy atom. The summed E-state index contributed by atoms with van der Waals surface area (Å²) in [5, 5.41) is 11.1. The Kier molecular flexibility index (Phi) is 3.70. The van der Waals surface area contributed by atoms with E-state index in [0.717, 1.165) is 34.2 Å². The summed E-state index contributed by atoms with van der Waals surface area (Å²) < 4.78 is 0.942. The summed E-state index contributed by atoms with van der Waals surface area (Å²) in [5.41, 5.74) is 0.942. The highest BCUT2D eigenvalue weighted by Gasteiger charge is 2.40. The van der Waals surface area contributed by atoms with Crippen molar-refractivity contribution < 1.29 is 5.11 Å². The van der Waals surface area contributed by atoms with Crippen LogP contribution in [-0.2, 0) is 0 Å². The summed E-state index contributed by atoms with van der Waals surface area (Å²) in [6.45, 7) is 0. The molecule has 0 aromatic heterocycles. The molecule has 2 fully saturated rings. The lowest BCUT2D eigenvalue weighted by Gasteiger charge is -2.24. The van der Waals surface area contributed by atoms with Crippen LogP contribution in [0.1, 0.15) is 43.8 Å². The van der Waals surface area contributed by atoms with Gasteiger partial charge < -0.3 is 5.11 Å².